The van der Waals surface area contributed by atoms with Crippen molar-refractivity contribution in [2.75, 3.05) is 20.3 Å². The van der Waals surface area contributed by atoms with Gasteiger partial charge in [0.15, 0.2) is 0 Å². The van der Waals surface area contributed by atoms with Gasteiger partial charge in [0, 0.05) is 13.2 Å². The molecule has 0 aliphatic rings. The van der Waals surface area contributed by atoms with Gasteiger partial charge in [-0.1, -0.05) is 0 Å². The second-order valence-corrected chi connectivity index (χ2v) is 7.43. The summed E-state index contributed by atoms with van der Waals surface area (Å²) in [5.41, 5.74) is 0. The van der Waals surface area contributed by atoms with Crippen molar-refractivity contribution in [1.29, 1.82) is 0 Å². The summed E-state index contributed by atoms with van der Waals surface area (Å²) < 4.78 is 10.1. The zero-order valence-corrected chi connectivity index (χ0v) is 10.0. The summed E-state index contributed by atoms with van der Waals surface area (Å²) in [4.78, 5) is 0. The Labute approximate surface area is 83.7 Å². The van der Waals surface area contributed by atoms with Crippen molar-refractivity contribution < 1.29 is 9.26 Å². The summed E-state index contributed by atoms with van der Waals surface area (Å²) in [7, 11) is 1.64. The smallest absolute Gasteiger partial charge is 0.219 e. The number of hydrogen-bond acceptors (Lipinski definition) is 3. The Morgan fingerprint density at radius 1 is 1.67 bits per heavy atom. The topological polar surface area (TPSA) is 30.5 Å². The van der Waals surface area contributed by atoms with E-state index in [2.05, 4.69) is 5.09 Å². The fourth-order valence-electron chi connectivity index (χ4n) is 0.754. The van der Waals surface area contributed by atoms with Crippen molar-refractivity contribution >= 4 is 28.8 Å². The van der Waals surface area contributed by atoms with Crippen LogP contribution in [0.25, 0.3) is 0 Å². The zero-order chi connectivity index (χ0) is 9.61. The molecule has 0 aliphatic carbocycles. The monoisotopic (exact) mass is 231 g/mol. The van der Waals surface area contributed by atoms with Crippen molar-refractivity contribution in [2.24, 2.45) is 0 Å². The van der Waals surface area contributed by atoms with E-state index in [0.717, 1.165) is 0 Å². The Kier molecular flexibility index (Phi) is 6.73. The first-order chi connectivity index (χ1) is 5.52. The van der Waals surface area contributed by atoms with Gasteiger partial charge in [-0.25, -0.2) is 0 Å². The molecule has 0 bridgehead atoms. The molecular formula is C6H15ClNO2PS. The third-order valence-electron chi connectivity index (χ3n) is 1.09. The lowest BCUT2D eigenvalue weighted by molar-refractivity contribution is 0.179. The van der Waals surface area contributed by atoms with Crippen LogP contribution in [0.4, 0.5) is 0 Å². The van der Waals surface area contributed by atoms with E-state index in [1.807, 2.05) is 13.8 Å². The lowest BCUT2D eigenvalue weighted by Gasteiger charge is -2.20. The molecule has 0 aromatic carbocycles. The predicted molar refractivity (Wildman–Crippen MR) is 56.2 cm³/mol. The lowest BCUT2D eigenvalue weighted by atomic mass is 10.4. The second kappa shape index (κ2) is 6.30. The van der Waals surface area contributed by atoms with Crippen LogP contribution in [0.2, 0.25) is 0 Å². The molecule has 0 radical (unpaired) electrons. The van der Waals surface area contributed by atoms with E-state index in [1.165, 1.54) is 0 Å². The quantitative estimate of drug-likeness (QED) is 0.710. The van der Waals surface area contributed by atoms with Gasteiger partial charge in [0.25, 0.3) is 0 Å². The van der Waals surface area contributed by atoms with Crippen LogP contribution in [0.3, 0.4) is 0 Å². The number of rotatable bonds is 6. The van der Waals surface area contributed by atoms with E-state index < -0.39 is 5.77 Å². The average Bonchev–Trinajstić information content (AvgIpc) is 1.85. The van der Waals surface area contributed by atoms with Crippen LogP contribution >= 0.6 is 17.0 Å². The van der Waals surface area contributed by atoms with E-state index in [0.29, 0.717) is 13.2 Å². The third-order valence-corrected chi connectivity index (χ3v) is 3.64. The van der Waals surface area contributed by atoms with Crippen LogP contribution in [0.15, 0.2) is 0 Å². The molecule has 12 heavy (non-hydrogen) atoms. The first-order valence-corrected chi connectivity index (χ1v) is 7.35. The normalized spacial score (nSPS) is 18.7. The van der Waals surface area contributed by atoms with Crippen molar-refractivity contribution in [2.45, 2.75) is 19.9 Å². The molecule has 1 N–H and O–H groups in total. The first-order valence-electron chi connectivity index (χ1n) is 3.72. The number of nitrogens with one attached hydrogen (secondary N) is 1. The van der Waals surface area contributed by atoms with Gasteiger partial charge in [-0.05, 0) is 36.9 Å². The van der Waals surface area contributed by atoms with Gasteiger partial charge in [0.05, 0.1) is 13.2 Å². The molecule has 2 atom stereocenters. The molecule has 0 amide bonds. The minimum Gasteiger partial charge on any atom is -0.383 e. The van der Waals surface area contributed by atoms with Crippen LogP contribution < -0.4 is 5.09 Å². The molecular weight excluding hydrogens is 217 g/mol. The third kappa shape index (κ3) is 6.35. The van der Waals surface area contributed by atoms with Crippen molar-refractivity contribution in [1.82, 2.24) is 5.09 Å². The van der Waals surface area contributed by atoms with Crippen molar-refractivity contribution in [3.63, 3.8) is 0 Å². The molecule has 0 saturated heterocycles. The van der Waals surface area contributed by atoms with Crippen LogP contribution in [0.1, 0.15) is 13.8 Å². The van der Waals surface area contributed by atoms with Crippen LogP contribution in [-0.2, 0) is 21.1 Å². The zero-order valence-electron chi connectivity index (χ0n) is 7.54. The minimum absolute atomic E-state index is 0.130. The predicted octanol–water partition coefficient (Wildman–Crippen LogP) is 2.11. The molecule has 0 spiro atoms. The highest BCUT2D eigenvalue weighted by Crippen LogP contribution is 2.48. The van der Waals surface area contributed by atoms with Gasteiger partial charge in [-0.3, -0.25) is 5.09 Å². The fourth-order valence-corrected chi connectivity index (χ4v) is 3.41. The summed E-state index contributed by atoms with van der Waals surface area (Å²) in [5, 5.41) is 3.00. The molecule has 0 rings (SSSR count). The number of hydrogen-bond donors (Lipinski definition) is 1. The van der Waals surface area contributed by atoms with Gasteiger partial charge >= 0.3 is 0 Å². The molecule has 2 unspecified atom stereocenters. The Bertz CT molecular complexity index is 170. The Morgan fingerprint density at radius 3 is 2.67 bits per heavy atom. The van der Waals surface area contributed by atoms with Gasteiger partial charge in [-0.15, -0.1) is 0 Å². The van der Waals surface area contributed by atoms with Crippen molar-refractivity contribution in [3.05, 3.63) is 0 Å². The standard InChI is InChI=1S/C6H15ClNO2PS/c1-4-10-11(7,12)8-6(2)5-9-3/h6H,4-5H2,1-3H3,(H,8,12). The molecule has 0 saturated carbocycles. The Morgan fingerprint density at radius 2 is 2.25 bits per heavy atom. The highest BCUT2D eigenvalue weighted by Gasteiger charge is 2.15. The van der Waals surface area contributed by atoms with E-state index >= 15 is 0 Å². The summed E-state index contributed by atoms with van der Waals surface area (Å²) in [6.45, 7) is 4.93. The second-order valence-electron chi connectivity index (χ2n) is 2.38. The lowest BCUT2D eigenvalue weighted by Crippen LogP contribution is -2.26. The molecule has 0 aromatic rings. The van der Waals surface area contributed by atoms with Gasteiger partial charge < -0.3 is 9.26 Å². The maximum atomic E-state index is 5.90. The number of halogens is 1. The van der Waals surface area contributed by atoms with Gasteiger partial charge in [0.2, 0.25) is 5.77 Å². The van der Waals surface area contributed by atoms with Crippen LogP contribution in [-0.4, -0.2) is 26.4 Å². The fraction of sp³-hybridized carbons (Fsp3) is 1.00. The molecule has 74 valence electrons. The molecule has 0 heterocycles. The van der Waals surface area contributed by atoms with E-state index in [9.17, 15) is 0 Å². The Hall–Kier alpha value is 0.820. The first kappa shape index (κ1) is 12.8. The van der Waals surface area contributed by atoms with Crippen molar-refractivity contribution in [3.8, 4) is 0 Å². The Balaban J connectivity index is 3.79. The van der Waals surface area contributed by atoms with E-state index in [-0.39, 0.29) is 6.04 Å². The summed E-state index contributed by atoms with van der Waals surface area (Å²) in [5.74, 6) is -2.30. The molecule has 3 nitrogen and oxygen atoms in total. The molecule has 0 aromatic heterocycles. The maximum absolute atomic E-state index is 5.90. The SMILES string of the molecule is CCOP(=S)(Cl)NC(C)COC. The minimum atomic E-state index is -2.30. The van der Waals surface area contributed by atoms with E-state index in [1.54, 1.807) is 7.11 Å². The molecule has 0 fully saturated rings. The molecule has 6 heteroatoms. The summed E-state index contributed by atoms with van der Waals surface area (Å²) in [6, 6.07) is 0.130. The number of methoxy groups -OCH3 is 1. The van der Waals surface area contributed by atoms with Gasteiger partial charge in [-0.2, -0.15) is 0 Å². The average molecular weight is 232 g/mol. The number of ether oxygens (including phenoxy) is 1. The van der Waals surface area contributed by atoms with Gasteiger partial charge in [0.1, 0.15) is 0 Å². The highest BCUT2D eigenvalue weighted by atomic mass is 35.7. The maximum Gasteiger partial charge on any atom is 0.219 e. The summed E-state index contributed by atoms with van der Waals surface area (Å²) in [6.07, 6.45) is 0. The van der Waals surface area contributed by atoms with Crippen LogP contribution in [0, 0.1) is 0 Å². The molecule has 0 aliphatic heterocycles. The van der Waals surface area contributed by atoms with E-state index in [4.69, 9.17) is 32.3 Å². The highest BCUT2D eigenvalue weighted by molar-refractivity contribution is 8.23. The summed E-state index contributed by atoms with van der Waals surface area (Å²) >= 11 is 10.9. The largest absolute Gasteiger partial charge is 0.383 e. The van der Waals surface area contributed by atoms with Crippen LogP contribution in [0.5, 0.6) is 0 Å².